The molecule has 0 spiro atoms. The van der Waals surface area contributed by atoms with E-state index in [-0.39, 0.29) is 34.5 Å². The molecule has 0 aliphatic carbocycles. The van der Waals surface area contributed by atoms with Crippen LogP contribution in [0.3, 0.4) is 0 Å². The molecule has 2 aromatic heterocycles. The van der Waals surface area contributed by atoms with Crippen LogP contribution in [0.5, 0.6) is 23.0 Å². The monoisotopic (exact) mass is 777 g/mol. The van der Waals surface area contributed by atoms with Gasteiger partial charge in [-0.05, 0) is 63.8 Å². The Morgan fingerprint density at radius 3 is 1.65 bits per heavy atom. The van der Waals surface area contributed by atoms with Crippen molar-refractivity contribution in [2.45, 2.75) is 24.2 Å². The molecule has 14 nitrogen and oxygen atoms in total. The lowest BCUT2D eigenvalue weighted by atomic mass is 10.0. The Balaban J connectivity index is 0.000000271. The minimum absolute atomic E-state index is 0.154. The zero-order valence-corrected chi connectivity index (χ0v) is 31.7. The third-order valence-electron chi connectivity index (χ3n) is 6.18. The Labute approximate surface area is 302 Å². The quantitative estimate of drug-likeness (QED) is 0.0773. The van der Waals surface area contributed by atoms with E-state index in [2.05, 4.69) is 35.9 Å². The lowest BCUT2D eigenvalue weighted by Gasteiger charge is -2.14. The minimum Gasteiger partial charge on any atom is -0.497 e. The largest absolute Gasteiger partial charge is 0.497 e. The van der Waals surface area contributed by atoms with E-state index in [4.69, 9.17) is 35.3 Å². The maximum Gasteiger partial charge on any atom is 0.282 e. The first-order valence-electron chi connectivity index (χ1n) is 14.4. The Hall–Kier alpha value is -4.32. The summed E-state index contributed by atoms with van der Waals surface area (Å²) < 4.78 is 21.3. The van der Waals surface area contributed by atoms with E-state index >= 15 is 0 Å². The van der Waals surface area contributed by atoms with Crippen molar-refractivity contribution in [1.82, 2.24) is 25.0 Å². The maximum absolute atomic E-state index is 12.7. The van der Waals surface area contributed by atoms with E-state index in [9.17, 15) is 9.59 Å². The molecule has 0 fully saturated rings. The molecule has 4 aromatic rings. The van der Waals surface area contributed by atoms with Gasteiger partial charge in [0.15, 0.2) is 10.3 Å². The van der Waals surface area contributed by atoms with Crippen molar-refractivity contribution in [2.75, 3.05) is 65.6 Å². The van der Waals surface area contributed by atoms with Crippen molar-refractivity contribution in [3.63, 3.8) is 0 Å². The second-order valence-electron chi connectivity index (χ2n) is 9.15. The van der Waals surface area contributed by atoms with Gasteiger partial charge in [0.1, 0.15) is 40.2 Å². The highest BCUT2D eigenvalue weighted by atomic mass is 79.9. The van der Waals surface area contributed by atoms with Crippen molar-refractivity contribution < 1.29 is 33.4 Å². The zero-order valence-electron chi connectivity index (χ0n) is 28.5. The number of aromatic nitrogens is 4. The van der Waals surface area contributed by atoms with Gasteiger partial charge in [-0.3, -0.25) is 14.4 Å². The molecule has 4 rings (SSSR count). The molecular formula is C32H40BrN7O7S2. The normalized spacial score (nSPS) is 10.1. The number of ether oxygens (including phenoxy) is 4. The molecule has 0 aliphatic rings. The van der Waals surface area contributed by atoms with Gasteiger partial charge in [-0.25, -0.2) is 25.0 Å². The number of anilines is 2. The van der Waals surface area contributed by atoms with Crippen LogP contribution in [0.25, 0.3) is 0 Å². The van der Waals surface area contributed by atoms with E-state index < -0.39 is 0 Å². The predicted molar refractivity (Wildman–Crippen MR) is 195 cm³/mol. The first-order valence-corrected chi connectivity index (χ1v) is 17.2. The fourth-order valence-electron chi connectivity index (χ4n) is 3.66. The predicted octanol–water partition coefficient (Wildman–Crippen LogP) is 5.69. The number of thioether (sulfide) groups is 2. The van der Waals surface area contributed by atoms with Gasteiger partial charge in [-0.1, -0.05) is 37.4 Å². The van der Waals surface area contributed by atoms with Gasteiger partial charge < -0.3 is 30.4 Å². The topological polar surface area (TPSA) is 187 Å². The van der Waals surface area contributed by atoms with Crippen molar-refractivity contribution in [1.29, 1.82) is 0 Å². The summed E-state index contributed by atoms with van der Waals surface area (Å²) in [5.41, 5.74) is 12.4. The van der Waals surface area contributed by atoms with E-state index in [0.717, 1.165) is 32.5 Å². The molecule has 0 saturated heterocycles. The number of benzene rings is 2. The number of nitrogens with two attached hydrogens (primary N) is 2. The van der Waals surface area contributed by atoms with E-state index in [1.54, 1.807) is 32.4 Å². The van der Waals surface area contributed by atoms with E-state index in [1.165, 1.54) is 64.3 Å². The minimum atomic E-state index is -0.368. The van der Waals surface area contributed by atoms with Gasteiger partial charge in [-0.2, -0.15) is 0 Å². The Morgan fingerprint density at radius 1 is 0.735 bits per heavy atom. The third-order valence-corrected chi connectivity index (χ3v) is 8.29. The van der Waals surface area contributed by atoms with Crippen molar-refractivity contribution in [3.05, 3.63) is 70.0 Å². The van der Waals surface area contributed by atoms with Gasteiger partial charge in [0.05, 0.1) is 51.1 Å². The van der Waals surface area contributed by atoms with Crippen LogP contribution >= 0.6 is 39.5 Å². The summed E-state index contributed by atoms with van der Waals surface area (Å²) in [5, 5.41) is 2.19. The number of nitrogen functional groups attached to an aromatic ring is 2. The number of carbonyl (C=O) groups is 2. The molecule has 0 radical (unpaired) electrons. The van der Waals surface area contributed by atoms with Crippen molar-refractivity contribution in [2.24, 2.45) is 0 Å². The Kier molecular flexibility index (Phi) is 17.4. The molecule has 0 aliphatic heterocycles. The van der Waals surface area contributed by atoms with Crippen LogP contribution < -0.4 is 30.4 Å². The molecule has 0 bridgehead atoms. The van der Waals surface area contributed by atoms with Crippen LogP contribution in [0.1, 0.15) is 40.1 Å². The van der Waals surface area contributed by atoms with Crippen LogP contribution in [0.2, 0.25) is 0 Å². The summed E-state index contributed by atoms with van der Waals surface area (Å²) in [7, 11) is 9.19. The van der Waals surface area contributed by atoms with Crippen LogP contribution in [0.15, 0.2) is 63.6 Å². The van der Waals surface area contributed by atoms with Crippen LogP contribution in [-0.2, 0) is 4.84 Å². The van der Waals surface area contributed by atoms with Crippen molar-refractivity contribution in [3.8, 4) is 23.0 Å². The average Bonchev–Trinajstić information content (AvgIpc) is 3.11. The van der Waals surface area contributed by atoms with Gasteiger partial charge >= 0.3 is 0 Å². The number of methoxy groups -OCH3 is 4. The summed E-state index contributed by atoms with van der Waals surface area (Å²) in [5.74, 6) is 3.96. The van der Waals surface area contributed by atoms with Gasteiger partial charge in [0, 0.05) is 19.4 Å². The van der Waals surface area contributed by atoms with Crippen LogP contribution in [0, 0.1) is 0 Å². The lowest BCUT2D eigenvalue weighted by molar-refractivity contribution is -0.0756. The summed E-state index contributed by atoms with van der Waals surface area (Å²) >= 11 is 6.27. The van der Waals surface area contributed by atoms with Crippen LogP contribution in [-0.4, -0.2) is 90.8 Å². The fraction of sp³-hybridized carbons (Fsp3) is 0.312. The Bertz CT molecular complexity index is 1700. The fourth-order valence-corrected chi connectivity index (χ4v) is 5.27. The van der Waals surface area contributed by atoms with Crippen LogP contribution in [0.4, 0.5) is 11.6 Å². The smallest absolute Gasteiger partial charge is 0.282 e. The summed E-state index contributed by atoms with van der Waals surface area (Å²) in [6, 6.07) is 10.6. The number of hydroxylamine groups is 2. The molecule has 4 N–H and O–H groups in total. The molecule has 0 unspecified atom stereocenters. The molecular weight excluding hydrogens is 738 g/mol. The molecule has 2 aromatic carbocycles. The van der Waals surface area contributed by atoms with Gasteiger partial charge in [0.2, 0.25) is 5.78 Å². The molecule has 0 saturated carbocycles. The molecule has 49 heavy (non-hydrogen) atoms. The molecule has 264 valence electrons. The van der Waals surface area contributed by atoms with E-state index in [1.807, 2.05) is 32.0 Å². The Morgan fingerprint density at radius 2 is 1.22 bits per heavy atom. The number of rotatable bonds is 12. The highest BCUT2D eigenvalue weighted by molar-refractivity contribution is 9.10. The molecule has 1 amide bonds. The lowest BCUT2D eigenvalue weighted by Crippen LogP contribution is -2.26. The number of hydrogen-bond donors (Lipinski definition) is 2. The standard InChI is InChI=1S/C15H17N3O3S.C9H14N4O2S.C8H9BrO2/c1-4-22-15-17-8-11(14(16)18-15)13(19)10-7-9(20-2)5-6-12(10)21-3;1-4-16-9-11-5-6(7(10)12-9)8(14)13(2)15-3;1-10-6-3-4-8(11-2)7(9)5-6/h5-8H,4H2,1-3H3,(H2,16,17,18);5H,4H2,1-3H3,(H2,10,11,12);3-5H,1-2H3. The molecule has 2 heterocycles. The third kappa shape index (κ3) is 12.0. The van der Waals surface area contributed by atoms with Gasteiger partial charge in [0.25, 0.3) is 5.91 Å². The number of carbonyl (C=O) groups excluding carboxylic acids is 2. The second kappa shape index (κ2) is 20.9. The number of ketones is 1. The number of halogens is 1. The summed E-state index contributed by atoms with van der Waals surface area (Å²) in [6.07, 6.45) is 2.86. The van der Waals surface area contributed by atoms with Gasteiger partial charge in [-0.15, -0.1) is 0 Å². The first-order chi connectivity index (χ1) is 23.5. The highest BCUT2D eigenvalue weighted by Crippen LogP contribution is 2.29. The number of nitrogens with zero attached hydrogens (tertiary/aromatic N) is 5. The SMILES string of the molecule is CCSc1ncc(C(=O)N(C)OC)c(N)n1.CCSc1ncc(C(=O)c2cc(OC)ccc2OC)c(N)n1.COc1ccc(OC)c(Br)c1. The maximum atomic E-state index is 12.7. The zero-order chi connectivity index (χ0) is 36.5. The average molecular weight is 779 g/mol. The first kappa shape index (κ1) is 40.9. The summed E-state index contributed by atoms with van der Waals surface area (Å²) in [4.78, 5) is 45.5. The summed E-state index contributed by atoms with van der Waals surface area (Å²) in [6.45, 7) is 3.98. The molecule has 0 atom stereocenters. The molecule has 17 heteroatoms. The highest BCUT2D eigenvalue weighted by Gasteiger charge is 2.20. The van der Waals surface area contributed by atoms with Crippen molar-refractivity contribution >= 4 is 62.8 Å². The number of hydrogen-bond acceptors (Lipinski definition) is 15. The van der Waals surface area contributed by atoms with E-state index in [0.29, 0.717) is 27.4 Å². The second-order valence-corrected chi connectivity index (χ2v) is 12.5. The number of amides is 1.